The Labute approximate surface area is 121 Å². The number of carbonyl (C=O) groups is 1. The van der Waals surface area contributed by atoms with E-state index < -0.39 is 38.7 Å². The summed E-state index contributed by atoms with van der Waals surface area (Å²) >= 11 is 0. The molecular weight excluding hydrogens is 300 g/mol. The predicted octanol–water partition coefficient (Wildman–Crippen LogP) is 2.02. The van der Waals surface area contributed by atoms with Crippen molar-refractivity contribution in [3.8, 4) is 0 Å². The summed E-state index contributed by atoms with van der Waals surface area (Å²) in [5.41, 5.74) is -1.21. The van der Waals surface area contributed by atoms with Gasteiger partial charge in [0.1, 0.15) is 11.6 Å². The van der Waals surface area contributed by atoms with E-state index in [1.165, 1.54) is 6.07 Å². The van der Waals surface area contributed by atoms with Gasteiger partial charge >= 0.3 is 0 Å². The Morgan fingerprint density at radius 3 is 2.52 bits per heavy atom. The van der Waals surface area contributed by atoms with Crippen LogP contribution in [-0.4, -0.2) is 20.1 Å². The molecule has 21 heavy (non-hydrogen) atoms. The number of sulfonamides is 1. The van der Waals surface area contributed by atoms with Crippen LogP contribution in [0.2, 0.25) is 0 Å². The van der Waals surface area contributed by atoms with E-state index in [-0.39, 0.29) is 5.56 Å². The van der Waals surface area contributed by atoms with Crippen LogP contribution in [0, 0.1) is 11.6 Å². The van der Waals surface area contributed by atoms with Gasteiger partial charge in [0, 0.05) is 11.6 Å². The monoisotopic (exact) mass is 315 g/mol. The van der Waals surface area contributed by atoms with Gasteiger partial charge in [0.25, 0.3) is 0 Å². The molecule has 4 nitrogen and oxygen atoms in total. The molecule has 0 aliphatic heterocycles. The fraction of sp³-hybridized carbons (Fsp3) is 0.357. The molecule has 1 aromatic carbocycles. The minimum atomic E-state index is -3.83. The van der Waals surface area contributed by atoms with Gasteiger partial charge in [-0.05, 0) is 18.9 Å². The summed E-state index contributed by atoms with van der Waals surface area (Å²) in [7, 11) is -3.83. The third-order valence-corrected chi connectivity index (χ3v) is 4.84. The lowest BCUT2D eigenvalue weighted by atomic mass is 9.64. The zero-order valence-electron chi connectivity index (χ0n) is 11.2. The van der Waals surface area contributed by atoms with Crippen molar-refractivity contribution in [1.29, 1.82) is 0 Å². The average Bonchev–Trinajstić information content (AvgIpc) is 2.29. The third kappa shape index (κ3) is 2.97. The first kappa shape index (κ1) is 15.6. The molecule has 0 spiro atoms. The second kappa shape index (κ2) is 5.55. The number of carbonyl (C=O) groups excluding carboxylic acids is 1. The summed E-state index contributed by atoms with van der Waals surface area (Å²) < 4.78 is 52.1. The lowest BCUT2D eigenvalue weighted by Crippen LogP contribution is -2.51. The van der Waals surface area contributed by atoms with Gasteiger partial charge in [-0.2, -0.15) is 0 Å². The van der Waals surface area contributed by atoms with E-state index in [9.17, 15) is 22.0 Å². The molecule has 0 heterocycles. The van der Waals surface area contributed by atoms with Crippen molar-refractivity contribution in [3.63, 3.8) is 0 Å². The van der Waals surface area contributed by atoms with Crippen LogP contribution in [0.15, 0.2) is 30.9 Å². The molecule has 1 fully saturated rings. The Morgan fingerprint density at radius 2 is 2.05 bits per heavy atom. The van der Waals surface area contributed by atoms with Crippen LogP contribution in [0.25, 0.3) is 0 Å². The minimum Gasteiger partial charge on any atom is -0.273 e. The molecule has 0 atom stereocenters. The van der Waals surface area contributed by atoms with Crippen molar-refractivity contribution in [2.24, 2.45) is 0 Å². The maximum Gasteiger partial charge on any atom is 0.244 e. The second-order valence-corrected chi connectivity index (χ2v) is 6.83. The number of hydrogen-bond acceptors (Lipinski definition) is 3. The summed E-state index contributed by atoms with van der Waals surface area (Å²) in [6, 6.07) is 2.95. The molecule has 0 saturated heterocycles. The van der Waals surface area contributed by atoms with Gasteiger partial charge in [0.15, 0.2) is 0 Å². The van der Waals surface area contributed by atoms with Crippen molar-refractivity contribution < 1.29 is 22.0 Å². The summed E-state index contributed by atoms with van der Waals surface area (Å²) in [5, 5.41) is 0. The summed E-state index contributed by atoms with van der Waals surface area (Å²) in [5.74, 6) is -2.77. The van der Waals surface area contributed by atoms with Crippen LogP contribution in [0.1, 0.15) is 24.8 Å². The summed E-state index contributed by atoms with van der Waals surface area (Å²) in [6.07, 6.45) is 2.48. The first-order chi connectivity index (χ1) is 9.81. The first-order valence-corrected chi connectivity index (χ1v) is 8.07. The van der Waals surface area contributed by atoms with Gasteiger partial charge in [0.2, 0.25) is 15.9 Å². The lowest BCUT2D eigenvalue weighted by Gasteiger charge is -2.40. The van der Waals surface area contributed by atoms with Crippen LogP contribution in [0.5, 0.6) is 0 Å². The molecule has 1 aliphatic rings. The molecule has 1 aromatic rings. The highest BCUT2D eigenvalue weighted by Crippen LogP contribution is 2.45. The zero-order valence-corrected chi connectivity index (χ0v) is 12.1. The molecule has 1 aliphatic carbocycles. The molecule has 1 saturated carbocycles. The van der Waals surface area contributed by atoms with Crippen molar-refractivity contribution in [3.05, 3.63) is 48.1 Å². The van der Waals surface area contributed by atoms with E-state index >= 15 is 0 Å². The van der Waals surface area contributed by atoms with Gasteiger partial charge in [-0.1, -0.05) is 18.6 Å². The Balaban J connectivity index is 2.33. The van der Waals surface area contributed by atoms with E-state index in [1.54, 1.807) is 0 Å². The van der Waals surface area contributed by atoms with Crippen LogP contribution in [0.3, 0.4) is 0 Å². The smallest absolute Gasteiger partial charge is 0.244 e. The largest absolute Gasteiger partial charge is 0.273 e. The van der Waals surface area contributed by atoms with Crippen molar-refractivity contribution in [2.45, 2.75) is 24.7 Å². The highest BCUT2D eigenvalue weighted by atomic mass is 32.2. The van der Waals surface area contributed by atoms with E-state index in [1.807, 2.05) is 4.72 Å². The lowest BCUT2D eigenvalue weighted by molar-refractivity contribution is -0.128. The molecule has 1 N–H and O–H groups in total. The number of halogens is 2. The van der Waals surface area contributed by atoms with Crippen LogP contribution >= 0.6 is 0 Å². The maximum atomic E-state index is 13.9. The van der Waals surface area contributed by atoms with E-state index in [2.05, 4.69) is 6.58 Å². The molecule has 114 valence electrons. The second-order valence-electron chi connectivity index (χ2n) is 5.06. The maximum absolute atomic E-state index is 13.9. The van der Waals surface area contributed by atoms with Gasteiger partial charge in [-0.25, -0.2) is 17.2 Å². The Bertz CT molecular complexity index is 681. The number of hydrogen-bond donors (Lipinski definition) is 1. The number of rotatable bonds is 5. The fourth-order valence-corrected chi connectivity index (χ4v) is 3.33. The van der Waals surface area contributed by atoms with Crippen molar-refractivity contribution in [1.82, 2.24) is 4.72 Å². The normalized spacial score (nSPS) is 16.9. The van der Waals surface area contributed by atoms with Gasteiger partial charge in [-0.3, -0.25) is 9.52 Å². The Morgan fingerprint density at radius 1 is 1.38 bits per heavy atom. The topological polar surface area (TPSA) is 63.2 Å². The highest BCUT2D eigenvalue weighted by Gasteiger charge is 2.48. The SMILES string of the molecule is C=CCS(=O)(=O)NC(=O)C1(c2ccc(F)cc2F)CCC1. The third-order valence-electron chi connectivity index (χ3n) is 3.67. The number of nitrogens with one attached hydrogen (secondary N) is 1. The van der Waals surface area contributed by atoms with Crippen molar-refractivity contribution in [2.75, 3.05) is 5.75 Å². The van der Waals surface area contributed by atoms with Gasteiger partial charge in [-0.15, -0.1) is 6.58 Å². The molecule has 1 amide bonds. The summed E-state index contributed by atoms with van der Waals surface area (Å²) in [6.45, 7) is 3.30. The van der Waals surface area contributed by atoms with E-state index in [4.69, 9.17) is 0 Å². The van der Waals surface area contributed by atoms with Crippen LogP contribution in [0.4, 0.5) is 8.78 Å². The minimum absolute atomic E-state index is 0.0291. The zero-order chi connectivity index (χ0) is 15.7. The molecule has 0 unspecified atom stereocenters. The van der Waals surface area contributed by atoms with Crippen LogP contribution < -0.4 is 4.72 Å². The van der Waals surface area contributed by atoms with E-state index in [0.29, 0.717) is 25.3 Å². The summed E-state index contributed by atoms with van der Waals surface area (Å²) in [4.78, 5) is 12.3. The molecule has 0 bridgehead atoms. The Hall–Kier alpha value is -1.76. The van der Waals surface area contributed by atoms with Gasteiger partial charge in [0.05, 0.1) is 11.2 Å². The van der Waals surface area contributed by atoms with Gasteiger partial charge < -0.3 is 0 Å². The molecule has 0 aromatic heterocycles. The van der Waals surface area contributed by atoms with E-state index in [0.717, 1.165) is 12.1 Å². The van der Waals surface area contributed by atoms with Crippen molar-refractivity contribution >= 4 is 15.9 Å². The quantitative estimate of drug-likeness (QED) is 0.846. The van der Waals surface area contributed by atoms with Crippen LogP contribution in [-0.2, 0) is 20.2 Å². The molecular formula is C14H15F2NO3S. The predicted molar refractivity (Wildman–Crippen MR) is 74.0 cm³/mol. The number of amides is 1. The standard InChI is InChI=1S/C14H15F2NO3S/c1-2-8-21(19,20)17-13(18)14(6-3-7-14)11-5-4-10(15)9-12(11)16/h2,4-5,9H,1,3,6-8H2,(H,17,18). The number of benzene rings is 1. The fourth-order valence-electron chi connectivity index (χ4n) is 2.46. The molecule has 2 rings (SSSR count). The molecule has 0 radical (unpaired) electrons. The average molecular weight is 315 g/mol. The first-order valence-electron chi connectivity index (χ1n) is 6.42. The highest BCUT2D eigenvalue weighted by molar-refractivity contribution is 7.90. The Kier molecular flexibility index (Phi) is 4.13. The molecule has 7 heteroatoms.